The zero-order valence-corrected chi connectivity index (χ0v) is 20.5. The molecule has 4 atom stereocenters. The number of hydrogen-bond acceptors (Lipinski definition) is 11. The third-order valence-corrected chi connectivity index (χ3v) is 8.38. The van der Waals surface area contributed by atoms with Crippen LogP contribution >= 0.6 is 19.2 Å². The number of aliphatic hydroxyl groups excluding tert-OH is 4. The average molecular weight is 538 g/mol. The number of aromatic nitrogens is 4. The number of anilines is 1. The van der Waals surface area contributed by atoms with Gasteiger partial charge in [0.25, 0.3) is 0 Å². The second-order valence-electron chi connectivity index (χ2n) is 8.86. The minimum absolute atomic E-state index is 0.0377. The maximum absolute atomic E-state index is 11.7. The molecule has 3 heterocycles. The summed E-state index contributed by atoms with van der Waals surface area (Å²) in [6, 6.07) is 0.288. The number of nitrogens with zero attached hydrogens (tertiary/aromatic N) is 5. The van der Waals surface area contributed by atoms with Crippen LogP contribution in [0.4, 0.5) is 5.82 Å². The summed E-state index contributed by atoms with van der Waals surface area (Å²) in [6.07, 6.45) is 0.234. The summed E-state index contributed by atoms with van der Waals surface area (Å²) in [6.45, 7) is -3.01. The molecule has 35 heavy (non-hydrogen) atoms. The van der Waals surface area contributed by atoms with Gasteiger partial charge in [-0.1, -0.05) is 12.8 Å². The molecule has 1 saturated heterocycles. The molecule has 1 saturated carbocycles. The molecule has 0 radical (unpaired) electrons. The molecule has 0 spiro atoms. The highest BCUT2D eigenvalue weighted by Gasteiger charge is 2.51. The van der Waals surface area contributed by atoms with Crippen LogP contribution in [0.3, 0.4) is 0 Å². The highest BCUT2D eigenvalue weighted by molar-refractivity contribution is 7.53. The summed E-state index contributed by atoms with van der Waals surface area (Å²) < 4.78 is 23.8. The third-order valence-electron chi connectivity index (χ3n) is 6.73. The summed E-state index contributed by atoms with van der Waals surface area (Å²) in [5.41, 5.74) is 0.262. The van der Waals surface area contributed by atoms with Crippen LogP contribution in [0, 0.1) is 0 Å². The van der Waals surface area contributed by atoms with Crippen molar-refractivity contribution in [3.63, 3.8) is 0 Å². The van der Waals surface area contributed by atoms with E-state index < -0.39 is 57.3 Å². The maximum Gasteiger partial charge on any atom is 0.361 e. The molecule has 0 aromatic carbocycles. The van der Waals surface area contributed by atoms with E-state index in [1.54, 1.807) is 0 Å². The van der Waals surface area contributed by atoms with E-state index in [1.165, 1.54) is 10.9 Å². The Morgan fingerprint density at radius 3 is 2.49 bits per heavy atom. The van der Waals surface area contributed by atoms with E-state index in [1.807, 2.05) is 11.9 Å². The van der Waals surface area contributed by atoms with Crippen molar-refractivity contribution >= 4 is 36.0 Å². The highest BCUT2D eigenvalue weighted by Crippen LogP contribution is 2.51. The topological polar surface area (TPSA) is 204 Å². The zero-order valence-electron chi connectivity index (χ0n) is 18.9. The lowest BCUT2D eigenvalue weighted by Crippen LogP contribution is -2.44. The van der Waals surface area contributed by atoms with Gasteiger partial charge >= 0.3 is 7.60 Å². The second kappa shape index (κ2) is 10.1. The number of fused-ring (bicyclic) bond motifs is 1. The van der Waals surface area contributed by atoms with Crippen molar-refractivity contribution in [3.8, 4) is 0 Å². The van der Waals surface area contributed by atoms with Crippen molar-refractivity contribution in [2.24, 2.45) is 0 Å². The van der Waals surface area contributed by atoms with Crippen molar-refractivity contribution in [1.82, 2.24) is 19.7 Å². The van der Waals surface area contributed by atoms with E-state index in [0.717, 1.165) is 25.7 Å². The molecule has 4 rings (SSSR count). The zero-order chi connectivity index (χ0) is 25.5. The summed E-state index contributed by atoms with van der Waals surface area (Å²) in [7, 11) is -3.18. The lowest BCUT2D eigenvalue weighted by Gasteiger charge is -2.31. The number of ether oxygens (including phenoxy) is 2. The predicted molar refractivity (Wildman–Crippen MR) is 122 cm³/mol. The molecule has 1 aliphatic carbocycles. The second-order valence-corrected chi connectivity index (χ2v) is 11.1. The number of hydrogen-bond donors (Lipinski definition) is 6. The van der Waals surface area contributed by atoms with Gasteiger partial charge in [-0.25, -0.2) is 4.68 Å². The minimum atomic E-state index is -5.10. The Kier molecular flexibility index (Phi) is 7.70. The molecule has 6 N–H and O–H groups in total. The van der Waals surface area contributed by atoms with Crippen LogP contribution in [-0.4, -0.2) is 107 Å². The lowest BCUT2D eigenvalue weighted by atomic mass is 10.1. The average Bonchev–Trinajstić information content (AvgIpc) is 3.54. The van der Waals surface area contributed by atoms with Gasteiger partial charge in [0.1, 0.15) is 24.1 Å². The fraction of sp³-hybridized carbons (Fsp3) is 0.737. The molecule has 16 heteroatoms. The van der Waals surface area contributed by atoms with E-state index in [4.69, 9.17) is 21.1 Å². The highest BCUT2D eigenvalue weighted by atomic mass is 35.5. The fourth-order valence-corrected chi connectivity index (χ4v) is 5.29. The summed E-state index contributed by atoms with van der Waals surface area (Å²) in [5, 5.41) is 42.2. The Hall–Kier alpha value is -1.45. The Morgan fingerprint density at radius 2 is 1.89 bits per heavy atom. The SMILES string of the molecule is CN(c1nc(Cl)nc2c1cnn2[C@@H]1OC(COC(CO)(CO)P(=O)(O)O)[C@@H](O)[C@H]1O)C1CCCC1. The predicted octanol–water partition coefficient (Wildman–Crippen LogP) is -0.647. The molecular weight excluding hydrogens is 509 g/mol. The van der Waals surface area contributed by atoms with Gasteiger partial charge in [0.15, 0.2) is 11.9 Å². The summed E-state index contributed by atoms with van der Waals surface area (Å²) in [4.78, 5) is 29.6. The van der Waals surface area contributed by atoms with Gasteiger partial charge < -0.3 is 44.6 Å². The van der Waals surface area contributed by atoms with E-state index >= 15 is 0 Å². The van der Waals surface area contributed by atoms with Crippen LogP contribution in [0.5, 0.6) is 0 Å². The molecule has 1 unspecified atom stereocenters. The summed E-state index contributed by atoms with van der Waals surface area (Å²) >= 11 is 6.19. The molecular formula is C19H29ClN5O9P. The quantitative estimate of drug-likeness (QED) is 0.174. The molecule has 2 aromatic rings. The van der Waals surface area contributed by atoms with Crippen molar-refractivity contribution in [2.75, 3.05) is 31.8 Å². The molecule has 0 amide bonds. The fourth-order valence-electron chi connectivity index (χ4n) is 4.52. The Balaban J connectivity index is 1.59. The van der Waals surface area contributed by atoms with Gasteiger partial charge in [-0.05, 0) is 24.4 Å². The number of aliphatic hydroxyl groups is 4. The van der Waals surface area contributed by atoms with Gasteiger partial charge in [-0.3, -0.25) is 4.57 Å². The Bertz CT molecular complexity index is 1090. The molecule has 196 valence electrons. The van der Waals surface area contributed by atoms with E-state index in [9.17, 15) is 34.8 Å². The van der Waals surface area contributed by atoms with Crippen molar-refractivity contribution < 1.29 is 44.3 Å². The molecule has 2 fully saturated rings. The first-order valence-corrected chi connectivity index (χ1v) is 13.1. The van der Waals surface area contributed by atoms with E-state index in [-0.39, 0.29) is 17.0 Å². The Morgan fingerprint density at radius 1 is 1.23 bits per heavy atom. The molecule has 14 nitrogen and oxygen atoms in total. The van der Waals surface area contributed by atoms with Gasteiger partial charge in [-0.15, -0.1) is 0 Å². The molecule has 1 aliphatic heterocycles. The van der Waals surface area contributed by atoms with Gasteiger partial charge in [0, 0.05) is 13.1 Å². The van der Waals surface area contributed by atoms with Crippen LogP contribution in [0.2, 0.25) is 5.28 Å². The number of rotatable bonds is 9. The van der Waals surface area contributed by atoms with Gasteiger partial charge in [0.2, 0.25) is 10.6 Å². The Labute approximate surface area is 205 Å². The van der Waals surface area contributed by atoms with Crippen molar-refractivity contribution in [2.45, 2.75) is 61.6 Å². The molecule has 2 aromatic heterocycles. The van der Waals surface area contributed by atoms with Crippen LogP contribution in [0.15, 0.2) is 6.20 Å². The van der Waals surface area contributed by atoms with Crippen LogP contribution in [0.1, 0.15) is 31.9 Å². The van der Waals surface area contributed by atoms with Crippen molar-refractivity contribution in [3.05, 3.63) is 11.5 Å². The first kappa shape index (κ1) is 26.6. The minimum Gasteiger partial charge on any atom is -0.393 e. The normalized spacial score (nSPS) is 26.2. The van der Waals surface area contributed by atoms with Crippen LogP contribution < -0.4 is 4.90 Å². The maximum atomic E-state index is 11.7. The lowest BCUT2D eigenvalue weighted by molar-refractivity contribution is -0.121. The monoisotopic (exact) mass is 537 g/mol. The van der Waals surface area contributed by atoms with Crippen LogP contribution in [0.25, 0.3) is 11.0 Å². The largest absolute Gasteiger partial charge is 0.393 e. The van der Waals surface area contributed by atoms with E-state index in [2.05, 4.69) is 15.1 Å². The summed E-state index contributed by atoms with van der Waals surface area (Å²) in [5.74, 6) is 0.573. The standard InChI is InChI=1S/C19H29ClN5O9P/c1-24(10-4-2-3-5-10)15-11-6-21-25(16(11)23-18(20)22-15)17-14(29)13(28)12(34-17)7-33-19(8-26,9-27)35(30,31)32/h6,10,12-14,17,26-29H,2-5,7-9H2,1H3,(H2,30,31,32)/t12?,13-,14-,17-/m1/s1. The molecule has 2 aliphatic rings. The number of halogens is 1. The molecule has 0 bridgehead atoms. The van der Waals surface area contributed by atoms with Gasteiger partial charge in [-0.2, -0.15) is 15.1 Å². The van der Waals surface area contributed by atoms with Gasteiger partial charge in [0.05, 0.1) is 31.4 Å². The smallest absolute Gasteiger partial charge is 0.361 e. The first-order chi connectivity index (χ1) is 16.5. The third kappa shape index (κ3) is 4.80. The first-order valence-electron chi connectivity index (χ1n) is 11.1. The van der Waals surface area contributed by atoms with Crippen molar-refractivity contribution in [1.29, 1.82) is 0 Å². The van der Waals surface area contributed by atoms with E-state index in [0.29, 0.717) is 11.2 Å². The van der Waals surface area contributed by atoms with Crippen LogP contribution in [-0.2, 0) is 14.0 Å².